The van der Waals surface area contributed by atoms with Crippen LogP contribution in [0.3, 0.4) is 0 Å². The average molecular weight is 158 g/mol. The van der Waals surface area contributed by atoms with E-state index in [1.165, 1.54) is 4.90 Å². The van der Waals surface area contributed by atoms with Crippen LogP contribution in [0, 0.1) is 0 Å². The highest BCUT2D eigenvalue weighted by molar-refractivity contribution is 5.66. The molecule has 0 radical (unpaired) electrons. The van der Waals surface area contributed by atoms with Gasteiger partial charge in [-0.1, -0.05) is 6.92 Å². The van der Waals surface area contributed by atoms with Crippen LogP contribution in [0.2, 0.25) is 0 Å². The Morgan fingerprint density at radius 2 is 2.27 bits per heavy atom. The summed E-state index contributed by atoms with van der Waals surface area (Å²) in [6.07, 6.45) is -0.800. The van der Waals surface area contributed by atoms with E-state index in [2.05, 4.69) is 11.8 Å². The molecule has 0 aromatic carbocycles. The van der Waals surface area contributed by atoms with Gasteiger partial charge in [0.05, 0.1) is 0 Å². The van der Waals surface area contributed by atoms with Crippen LogP contribution in [0.1, 0.15) is 6.92 Å². The van der Waals surface area contributed by atoms with Gasteiger partial charge in [-0.15, -0.1) is 0 Å². The van der Waals surface area contributed by atoms with E-state index in [4.69, 9.17) is 5.11 Å². The summed E-state index contributed by atoms with van der Waals surface area (Å²) in [7, 11) is 2.02. The largest absolute Gasteiger partial charge is 0.465 e. The van der Waals surface area contributed by atoms with Gasteiger partial charge in [0.25, 0.3) is 0 Å². The molecule has 64 valence electrons. The van der Waals surface area contributed by atoms with Crippen molar-refractivity contribution in [3.8, 4) is 0 Å². The number of carboxylic acid groups (broad SMARTS) is 1. The second-order valence-corrected chi connectivity index (χ2v) is 2.91. The highest BCUT2D eigenvalue weighted by atomic mass is 16.4. The fraction of sp³-hybridized carbons (Fsp3) is 0.857. The van der Waals surface area contributed by atoms with Gasteiger partial charge in [-0.25, -0.2) is 4.79 Å². The van der Waals surface area contributed by atoms with Crippen molar-refractivity contribution in [2.75, 3.05) is 26.7 Å². The lowest BCUT2D eigenvalue weighted by Gasteiger charge is -2.41. The zero-order valence-electron chi connectivity index (χ0n) is 6.95. The molecule has 0 aromatic heterocycles. The molecule has 0 spiro atoms. The Bertz CT molecular complexity index is 155. The van der Waals surface area contributed by atoms with Gasteiger partial charge in [0.15, 0.2) is 0 Å². The summed E-state index contributed by atoms with van der Waals surface area (Å²) >= 11 is 0. The first kappa shape index (κ1) is 8.33. The van der Waals surface area contributed by atoms with E-state index in [0.717, 1.165) is 6.54 Å². The van der Waals surface area contributed by atoms with Gasteiger partial charge in [0.1, 0.15) is 0 Å². The minimum atomic E-state index is -0.800. The van der Waals surface area contributed by atoms with Crippen LogP contribution in [0.5, 0.6) is 0 Å². The lowest BCUT2D eigenvalue weighted by Crippen LogP contribution is -2.59. The summed E-state index contributed by atoms with van der Waals surface area (Å²) in [6.45, 7) is 4.39. The minimum absolute atomic E-state index is 0.441. The van der Waals surface area contributed by atoms with Crippen LogP contribution in [0.25, 0.3) is 0 Å². The molecule has 0 atom stereocenters. The molecule has 1 saturated heterocycles. The molecular formula is C7H14N2O2. The first-order chi connectivity index (χ1) is 5.15. The van der Waals surface area contributed by atoms with Crippen LogP contribution in [0.4, 0.5) is 4.79 Å². The van der Waals surface area contributed by atoms with Gasteiger partial charge in [-0.2, -0.15) is 0 Å². The molecule has 1 heterocycles. The number of amides is 1. The molecule has 1 aliphatic rings. The van der Waals surface area contributed by atoms with Gasteiger partial charge in [0, 0.05) is 19.1 Å². The van der Waals surface area contributed by atoms with Crippen LogP contribution in [-0.4, -0.2) is 53.7 Å². The minimum Gasteiger partial charge on any atom is -0.465 e. The molecule has 11 heavy (non-hydrogen) atoms. The molecule has 0 bridgehead atoms. The zero-order valence-corrected chi connectivity index (χ0v) is 6.95. The van der Waals surface area contributed by atoms with Crippen LogP contribution in [0.15, 0.2) is 0 Å². The molecule has 4 nitrogen and oxygen atoms in total. The summed E-state index contributed by atoms with van der Waals surface area (Å²) in [4.78, 5) is 13.9. The molecule has 0 aliphatic carbocycles. The topological polar surface area (TPSA) is 43.8 Å². The van der Waals surface area contributed by atoms with E-state index in [-0.39, 0.29) is 0 Å². The predicted molar refractivity (Wildman–Crippen MR) is 41.7 cm³/mol. The van der Waals surface area contributed by atoms with Gasteiger partial charge in [-0.05, 0) is 13.6 Å². The molecule has 4 heteroatoms. The number of rotatable bonds is 2. The van der Waals surface area contributed by atoms with Crippen LogP contribution < -0.4 is 0 Å². The van der Waals surface area contributed by atoms with Crippen molar-refractivity contribution in [3.05, 3.63) is 0 Å². The van der Waals surface area contributed by atoms with E-state index >= 15 is 0 Å². The molecule has 1 rings (SSSR count). The quantitative estimate of drug-likeness (QED) is 0.628. The number of likely N-dealkylation sites (N-methyl/N-ethyl adjacent to an activating group) is 1. The monoisotopic (exact) mass is 158 g/mol. The van der Waals surface area contributed by atoms with Crippen molar-refractivity contribution in [3.63, 3.8) is 0 Å². The summed E-state index contributed by atoms with van der Waals surface area (Å²) in [5.74, 6) is 0. The lowest BCUT2D eigenvalue weighted by molar-refractivity contribution is 0.0513. The first-order valence-corrected chi connectivity index (χ1v) is 3.83. The fourth-order valence-corrected chi connectivity index (χ4v) is 1.15. The van der Waals surface area contributed by atoms with Crippen molar-refractivity contribution >= 4 is 6.09 Å². The first-order valence-electron chi connectivity index (χ1n) is 3.83. The van der Waals surface area contributed by atoms with Crippen LogP contribution >= 0.6 is 0 Å². The Hall–Kier alpha value is -0.770. The van der Waals surface area contributed by atoms with Crippen molar-refractivity contribution in [2.45, 2.75) is 13.0 Å². The highest BCUT2D eigenvalue weighted by Crippen LogP contribution is 2.12. The Morgan fingerprint density at radius 3 is 2.64 bits per heavy atom. The van der Waals surface area contributed by atoms with E-state index in [1.54, 1.807) is 0 Å². The second kappa shape index (κ2) is 3.09. The molecule has 1 fully saturated rings. The maximum atomic E-state index is 10.3. The summed E-state index contributed by atoms with van der Waals surface area (Å²) < 4.78 is 0. The number of hydrogen-bond acceptors (Lipinski definition) is 2. The normalized spacial score (nSPS) is 18.6. The van der Waals surface area contributed by atoms with E-state index in [9.17, 15) is 4.79 Å². The number of likely N-dealkylation sites (tertiary alicyclic amines) is 1. The zero-order chi connectivity index (χ0) is 8.43. The molecule has 0 aromatic rings. The Labute approximate surface area is 66.4 Å². The van der Waals surface area contributed by atoms with Gasteiger partial charge in [-0.3, -0.25) is 0 Å². The Morgan fingerprint density at radius 1 is 1.73 bits per heavy atom. The van der Waals surface area contributed by atoms with E-state index in [1.807, 2.05) is 7.05 Å². The number of hydrogen-bond donors (Lipinski definition) is 1. The summed E-state index contributed by atoms with van der Waals surface area (Å²) in [6, 6.07) is 0.441. The highest BCUT2D eigenvalue weighted by Gasteiger charge is 2.32. The van der Waals surface area contributed by atoms with Crippen molar-refractivity contribution in [1.82, 2.24) is 9.80 Å². The molecule has 1 aliphatic heterocycles. The second-order valence-electron chi connectivity index (χ2n) is 2.91. The summed E-state index contributed by atoms with van der Waals surface area (Å²) in [5, 5.41) is 8.51. The SMILES string of the molecule is CCN(C)C1CN(C(=O)O)C1. The van der Waals surface area contributed by atoms with Gasteiger partial charge < -0.3 is 14.9 Å². The van der Waals surface area contributed by atoms with Crippen LogP contribution in [-0.2, 0) is 0 Å². The van der Waals surface area contributed by atoms with E-state index < -0.39 is 6.09 Å². The predicted octanol–water partition coefficient (Wildman–Crippen LogP) is 0.300. The van der Waals surface area contributed by atoms with E-state index in [0.29, 0.717) is 19.1 Å². The van der Waals surface area contributed by atoms with Crippen molar-refractivity contribution in [1.29, 1.82) is 0 Å². The molecule has 0 saturated carbocycles. The third kappa shape index (κ3) is 1.63. The van der Waals surface area contributed by atoms with Crippen molar-refractivity contribution < 1.29 is 9.90 Å². The lowest BCUT2D eigenvalue weighted by atomic mass is 10.1. The smallest absolute Gasteiger partial charge is 0.407 e. The number of carbonyl (C=O) groups is 1. The Kier molecular flexibility index (Phi) is 2.34. The molecule has 1 N–H and O–H groups in total. The maximum absolute atomic E-state index is 10.3. The molecule has 0 unspecified atom stereocenters. The molecule has 1 amide bonds. The average Bonchev–Trinajstić information content (AvgIpc) is 1.83. The number of nitrogens with zero attached hydrogens (tertiary/aromatic N) is 2. The standard InChI is InChI=1S/C7H14N2O2/c1-3-8(2)6-4-9(5-6)7(10)11/h6H,3-5H2,1-2H3,(H,10,11). The fourth-order valence-electron chi connectivity index (χ4n) is 1.15. The Balaban J connectivity index is 2.23. The van der Waals surface area contributed by atoms with Gasteiger partial charge in [0.2, 0.25) is 0 Å². The third-order valence-corrected chi connectivity index (χ3v) is 2.25. The molecular weight excluding hydrogens is 144 g/mol. The van der Waals surface area contributed by atoms with Crippen molar-refractivity contribution in [2.24, 2.45) is 0 Å². The third-order valence-electron chi connectivity index (χ3n) is 2.25. The van der Waals surface area contributed by atoms with Gasteiger partial charge >= 0.3 is 6.09 Å². The maximum Gasteiger partial charge on any atom is 0.407 e. The summed E-state index contributed by atoms with van der Waals surface area (Å²) in [5.41, 5.74) is 0.